The average Bonchev–Trinajstić information content (AvgIpc) is 2.14. The van der Waals surface area contributed by atoms with Crippen molar-refractivity contribution in [2.45, 2.75) is 6.18 Å². The molecule has 0 radical (unpaired) electrons. The Bertz CT molecular complexity index is 415. The van der Waals surface area contributed by atoms with E-state index in [1.54, 1.807) is 0 Å². The van der Waals surface area contributed by atoms with Crippen LogP contribution in [0, 0.1) is 11.8 Å². The fourth-order valence-electron chi connectivity index (χ4n) is 1.03. The van der Waals surface area contributed by atoms with Gasteiger partial charge in [0.1, 0.15) is 0 Å². The van der Waals surface area contributed by atoms with Gasteiger partial charge in [-0.3, -0.25) is 0 Å². The smallest absolute Gasteiger partial charge is 0.399 e. The third-order valence-electron chi connectivity index (χ3n) is 1.64. The van der Waals surface area contributed by atoms with Crippen molar-refractivity contribution >= 4 is 17.3 Å². The average molecular weight is 234 g/mol. The molecule has 1 nitrogen and oxygen atoms in total. The quantitative estimate of drug-likeness (QED) is 0.416. The van der Waals surface area contributed by atoms with Crippen molar-refractivity contribution in [2.24, 2.45) is 0 Å². The van der Waals surface area contributed by atoms with Crippen LogP contribution in [0.25, 0.3) is 0 Å². The maximum absolute atomic E-state index is 12.5. The lowest BCUT2D eigenvalue weighted by atomic mass is 10.1. The Hall–Kier alpha value is -1.34. The first-order valence-corrected chi connectivity index (χ1v) is 4.50. The predicted molar refractivity (Wildman–Crippen MR) is 53.5 cm³/mol. The van der Waals surface area contributed by atoms with Gasteiger partial charge >= 0.3 is 6.18 Å². The molecule has 0 bridgehead atoms. The van der Waals surface area contributed by atoms with Crippen LogP contribution in [0.2, 0.25) is 0 Å². The van der Waals surface area contributed by atoms with E-state index in [4.69, 9.17) is 17.3 Å². The lowest BCUT2D eigenvalue weighted by Crippen LogP contribution is -2.08. The molecule has 0 aliphatic carbocycles. The number of alkyl halides is 4. The molecule has 5 heteroatoms. The van der Waals surface area contributed by atoms with Crippen molar-refractivity contribution in [3.05, 3.63) is 29.3 Å². The van der Waals surface area contributed by atoms with E-state index in [0.717, 1.165) is 6.07 Å². The highest BCUT2D eigenvalue weighted by molar-refractivity contribution is 6.19. The summed E-state index contributed by atoms with van der Waals surface area (Å²) in [5, 5.41) is 0. The van der Waals surface area contributed by atoms with Crippen LogP contribution in [-0.4, -0.2) is 5.88 Å². The monoisotopic (exact) mass is 233 g/mol. The number of nitrogen functional groups attached to an aromatic ring is 1. The topological polar surface area (TPSA) is 26.0 Å². The number of halogens is 4. The molecule has 0 spiro atoms. The van der Waals surface area contributed by atoms with Crippen LogP contribution in [0.5, 0.6) is 0 Å². The van der Waals surface area contributed by atoms with E-state index in [1.807, 2.05) is 0 Å². The van der Waals surface area contributed by atoms with Gasteiger partial charge in [-0.05, 0) is 18.2 Å². The Labute approximate surface area is 90.0 Å². The summed E-state index contributed by atoms with van der Waals surface area (Å²) in [5.74, 6) is 4.70. The first-order valence-electron chi connectivity index (χ1n) is 3.96. The van der Waals surface area contributed by atoms with Crippen LogP contribution in [0.3, 0.4) is 0 Å². The second-order valence-electron chi connectivity index (χ2n) is 2.74. The minimum absolute atomic E-state index is 0.0122. The summed E-state index contributed by atoms with van der Waals surface area (Å²) in [6.45, 7) is 0. The molecule has 80 valence electrons. The number of anilines is 1. The van der Waals surface area contributed by atoms with Crippen molar-refractivity contribution in [1.29, 1.82) is 0 Å². The number of hydrogen-bond donors (Lipinski definition) is 1. The van der Waals surface area contributed by atoms with E-state index in [9.17, 15) is 13.2 Å². The molecular formula is C10H7ClF3N. The van der Waals surface area contributed by atoms with Gasteiger partial charge in [-0.15, -0.1) is 11.6 Å². The summed E-state index contributed by atoms with van der Waals surface area (Å²) in [7, 11) is 0. The van der Waals surface area contributed by atoms with Crippen molar-refractivity contribution in [1.82, 2.24) is 0 Å². The third kappa shape index (κ3) is 3.07. The molecule has 0 aliphatic rings. The Morgan fingerprint density at radius 2 is 2.00 bits per heavy atom. The number of hydrogen-bond acceptors (Lipinski definition) is 1. The molecule has 0 heterocycles. The SMILES string of the molecule is Nc1ccc(C#CCCl)c(C(F)(F)F)c1. The summed E-state index contributed by atoms with van der Waals surface area (Å²) in [5.41, 5.74) is 4.39. The highest BCUT2D eigenvalue weighted by Crippen LogP contribution is 2.32. The standard InChI is InChI=1S/C10H7ClF3N/c11-5-1-2-7-3-4-8(15)6-9(7)10(12,13)14/h3-4,6H,5,15H2. The van der Waals surface area contributed by atoms with Gasteiger partial charge in [-0.1, -0.05) is 11.8 Å². The second kappa shape index (κ2) is 4.45. The molecule has 0 atom stereocenters. The molecule has 0 aromatic heterocycles. The minimum Gasteiger partial charge on any atom is -0.399 e. The van der Waals surface area contributed by atoms with Crippen LogP contribution >= 0.6 is 11.6 Å². The molecule has 1 aromatic carbocycles. The van der Waals surface area contributed by atoms with Gasteiger partial charge < -0.3 is 5.73 Å². The van der Waals surface area contributed by atoms with Gasteiger partial charge in [-0.25, -0.2) is 0 Å². The first kappa shape index (κ1) is 11.7. The van der Waals surface area contributed by atoms with Gasteiger partial charge in [0.15, 0.2) is 0 Å². The van der Waals surface area contributed by atoms with Gasteiger partial charge in [0.05, 0.1) is 11.4 Å². The lowest BCUT2D eigenvalue weighted by molar-refractivity contribution is -0.137. The van der Waals surface area contributed by atoms with Crippen LogP contribution in [0.4, 0.5) is 18.9 Å². The van der Waals surface area contributed by atoms with Crippen molar-refractivity contribution in [2.75, 3.05) is 11.6 Å². The fraction of sp³-hybridized carbons (Fsp3) is 0.200. The molecule has 0 unspecified atom stereocenters. The van der Waals surface area contributed by atoms with E-state index in [0.29, 0.717) is 0 Å². The van der Waals surface area contributed by atoms with Crippen LogP contribution in [0.1, 0.15) is 11.1 Å². The molecule has 0 fully saturated rings. The molecular weight excluding hydrogens is 227 g/mol. The predicted octanol–water partition coefficient (Wildman–Crippen LogP) is 2.88. The fourth-order valence-corrected chi connectivity index (χ4v) is 1.10. The number of rotatable bonds is 0. The summed E-state index contributed by atoms with van der Waals surface area (Å²) in [6, 6.07) is 3.46. The van der Waals surface area contributed by atoms with Crippen molar-refractivity contribution in [3.63, 3.8) is 0 Å². The van der Waals surface area contributed by atoms with E-state index < -0.39 is 11.7 Å². The van der Waals surface area contributed by atoms with Gasteiger partial charge in [0.2, 0.25) is 0 Å². The van der Waals surface area contributed by atoms with Crippen LogP contribution in [0.15, 0.2) is 18.2 Å². The van der Waals surface area contributed by atoms with Gasteiger partial charge in [0, 0.05) is 11.3 Å². The zero-order valence-electron chi connectivity index (χ0n) is 7.53. The van der Waals surface area contributed by atoms with Crippen molar-refractivity contribution in [3.8, 4) is 11.8 Å². The Kier molecular flexibility index (Phi) is 3.48. The lowest BCUT2D eigenvalue weighted by Gasteiger charge is -2.09. The molecule has 0 saturated carbocycles. The van der Waals surface area contributed by atoms with Crippen LogP contribution < -0.4 is 5.73 Å². The van der Waals surface area contributed by atoms with Gasteiger partial charge in [-0.2, -0.15) is 13.2 Å². The molecule has 1 rings (SSSR count). The highest BCUT2D eigenvalue weighted by atomic mass is 35.5. The van der Waals surface area contributed by atoms with E-state index >= 15 is 0 Å². The highest BCUT2D eigenvalue weighted by Gasteiger charge is 2.33. The molecule has 0 amide bonds. The minimum atomic E-state index is -4.45. The number of nitrogens with two attached hydrogens (primary N) is 1. The second-order valence-corrected chi connectivity index (χ2v) is 3.01. The number of benzene rings is 1. The van der Waals surface area contributed by atoms with Crippen LogP contribution in [-0.2, 0) is 6.18 Å². The zero-order valence-corrected chi connectivity index (χ0v) is 8.28. The summed E-state index contributed by atoms with van der Waals surface area (Å²) >= 11 is 5.27. The molecule has 0 aliphatic heterocycles. The van der Waals surface area contributed by atoms with E-state index in [2.05, 4.69) is 11.8 Å². The third-order valence-corrected chi connectivity index (χ3v) is 1.77. The van der Waals surface area contributed by atoms with E-state index in [1.165, 1.54) is 12.1 Å². The maximum Gasteiger partial charge on any atom is 0.417 e. The summed E-state index contributed by atoms with van der Waals surface area (Å²) in [4.78, 5) is 0. The molecule has 0 saturated heterocycles. The zero-order chi connectivity index (χ0) is 11.5. The molecule has 2 N–H and O–H groups in total. The Morgan fingerprint density at radius 3 is 2.53 bits per heavy atom. The van der Waals surface area contributed by atoms with Gasteiger partial charge in [0.25, 0.3) is 0 Å². The summed E-state index contributed by atoms with van der Waals surface area (Å²) < 4.78 is 37.5. The van der Waals surface area contributed by atoms with Crippen molar-refractivity contribution < 1.29 is 13.2 Å². The molecule has 1 aromatic rings. The maximum atomic E-state index is 12.5. The van der Waals surface area contributed by atoms with E-state index in [-0.39, 0.29) is 17.1 Å². The Morgan fingerprint density at radius 1 is 1.33 bits per heavy atom. The largest absolute Gasteiger partial charge is 0.417 e. The summed E-state index contributed by atoms with van der Waals surface area (Å²) in [6.07, 6.45) is -4.45. The molecule has 15 heavy (non-hydrogen) atoms. The first-order chi connectivity index (χ1) is 6.95. The Balaban J connectivity index is 3.27. The normalized spacial score (nSPS) is 10.7.